The second kappa shape index (κ2) is 6.63. The van der Waals surface area contributed by atoms with E-state index in [-0.39, 0.29) is 11.4 Å². The molecule has 1 amide bonds. The van der Waals surface area contributed by atoms with Gasteiger partial charge in [0.15, 0.2) is 5.65 Å². The molecule has 0 saturated carbocycles. The minimum atomic E-state index is -0.337. The lowest BCUT2D eigenvalue weighted by molar-refractivity contribution is 0.0911. The number of hydrogen-bond acceptors (Lipinski definition) is 3. The van der Waals surface area contributed by atoms with Gasteiger partial charge in [0, 0.05) is 17.1 Å². The van der Waals surface area contributed by atoms with Crippen LogP contribution in [0.4, 0.5) is 0 Å². The van der Waals surface area contributed by atoms with Crippen molar-refractivity contribution in [3.8, 4) is 0 Å². The summed E-state index contributed by atoms with van der Waals surface area (Å²) in [6.45, 7) is 8.34. The van der Waals surface area contributed by atoms with E-state index < -0.39 is 0 Å². The fourth-order valence-electron chi connectivity index (χ4n) is 3.42. The van der Waals surface area contributed by atoms with Crippen molar-refractivity contribution in [1.29, 1.82) is 0 Å². The molecule has 3 heterocycles. The summed E-state index contributed by atoms with van der Waals surface area (Å²) in [5.41, 5.74) is 3.88. The van der Waals surface area contributed by atoms with Crippen molar-refractivity contribution >= 4 is 34.2 Å². The molecule has 0 atom stereocenters. The second-order valence-corrected chi connectivity index (χ2v) is 8.43. The van der Waals surface area contributed by atoms with Gasteiger partial charge in [-0.3, -0.25) is 9.20 Å². The summed E-state index contributed by atoms with van der Waals surface area (Å²) in [6, 6.07) is 13.5. The molecular formula is C21H22ClN5O. The smallest absolute Gasteiger partial charge is 0.268 e. The minimum absolute atomic E-state index is 0.121. The molecule has 0 spiro atoms. The first-order valence-corrected chi connectivity index (χ1v) is 9.52. The molecule has 1 aromatic carbocycles. The van der Waals surface area contributed by atoms with Gasteiger partial charge in [0.2, 0.25) is 0 Å². The summed E-state index contributed by atoms with van der Waals surface area (Å²) >= 11 is 6.17. The SMILES string of the molecule is Cc1nnc2ccc3c(cc(C(=O)NC(C)(C)C)n3Cc3cccc(Cl)c3)n12. The molecule has 0 bridgehead atoms. The van der Waals surface area contributed by atoms with E-state index in [2.05, 4.69) is 15.5 Å². The van der Waals surface area contributed by atoms with E-state index in [1.165, 1.54) is 0 Å². The maximum Gasteiger partial charge on any atom is 0.268 e. The van der Waals surface area contributed by atoms with E-state index >= 15 is 0 Å². The summed E-state index contributed by atoms with van der Waals surface area (Å²) in [4.78, 5) is 13.1. The van der Waals surface area contributed by atoms with Gasteiger partial charge in [-0.15, -0.1) is 10.2 Å². The van der Waals surface area contributed by atoms with E-state index in [1.54, 1.807) is 0 Å². The maximum atomic E-state index is 13.1. The molecule has 0 aliphatic rings. The number of fused-ring (bicyclic) bond motifs is 3. The molecule has 0 saturated heterocycles. The Bertz CT molecular complexity index is 1200. The quantitative estimate of drug-likeness (QED) is 0.564. The van der Waals surface area contributed by atoms with E-state index in [0.717, 1.165) is 28.1 Å². The van der Waals surface area contributed by atoms with Crippen LogP contribution < -0.4 is 5.32 Å². The van der Waals surface area contributed by atoms with Crippen molar-refractivity contribution in [1.82, 2.24) is 24.5 Å². The lowest BCUT2D eigenvalue weighted by atomic mass is 10.1. The molecule has 28 heavy (non-hydrogen) atoms. The average Bonchev–Trinajstić information content (AvgIpc) is 3.15. The number of rotatable bonds is 3. The second-order valence-electron chi connectivity index (χ2n) is 7.99. The van der Waals surface area contributed by atoms with Crippen LogP contribution in [0.5, 0.6) is 0 Å². The van der Waals surface area contributed by atoms with Gasteiger partial charge in [-0.05, 0) is 63.6 Å². The lowest BCUT2D eigenvalue weighted by Crippen LogP contribution is -2.41. The van der Waals surface area contributed by atoms with Gasteiger partial charge in [-0.2, -0.15) is 0 Å². The largest absolute Gasteiger partial charge is 0.346 e. The number of aryl methyl sites for hydroxylation is 1. The van der Waals surface area contributed by atoms with Crippen LogP contribution in [0.25, 0.3) is 16.7 Å². The van der Waals surface area contributed by atoms with Crippen LogP contribution in [0.3, 0.4) is 0 Å². The van der Waals surface area contributed by atoms with Gasteiger partial charge in [0.1, 0.15) is 11.5 Å². The molecular weight excluding hydrogens is 374 g/mol. The third kappa shape index (κ3) is 3.36. The number of pyridine rings is 1. The van der Waals surface area contributed by atoms with Gasteiger partial charge in [-0.25, -0.2) is 0 Å². The average molecular weight is 396 g/mol. The van der Waals surface area contributed by atoms with E-state index in [0.29, 0.717) is 17.3 Å². The van der Waals surface area contributed by atoms with E-state index in [4.69, 9.17) is 11.6 Å². The molecule has 4 rings (SSSR count). The van der Waals surface area contributed by atoms with Gasteiger partial charge in [0.05, 0.1) is 11.0 Å². The molecule has 4 aromatic rings. The van der Waals surface area contributed by atoms with Gasteiger partial charge in [0.25, 0.3) is 5.91 Å². The van der Waals surface area contributed by atoms with Gasteiger partial charge < -0.3 is 9.88 Å². The number of hydrogen-bond donors (Lipinski definition) is 1. The Balaban J connectivity index is 1.93. The summed E-state index contributed by atoms with van der Waals surface area (Å²) in [5, 5.41) is 12.1. The highest BCUT2D eigenvalue weighted by Gasteiger charge is 2.22. The summed E-state index contributed by atoms with van der Waals surface area (Å²) < 4.78 is 3.98. The predicted octanol–water partition coefficient (Wildman–Crippen LogP) is 4.22. The number of amides is 1. The highest BCUT2D eigenvalue weighted by atomic mass is 35.5. The number of carbonyl (C=O) groups is 1. The molecule has 3 aromatic heterocycles. The van der Waals surface area contributed by atoms with Crippen LogP contribution in [0.1, 0.15) is 42.6 Å². The first kappa shape index (κ1) is 18.5. The lowest BCUT2D eigenvalue weighted by Gasteiger charge is -2.21. The zero-order valence-electron chi connectivity index (χ0n) is 16.3. The Morgan fingerprint density at radius 3 is 2.61 bits per heavy atom. The predicted molar refractivity (Wildman–Crippen MR) is 111 cm³/mol. The van der Waals surface area contributed by atoms with Crippen LogP contribution in [-0.4, -0.2) is 30.6 Å². The third-order valence-corrected chi connectivity index (χ3v) is 4.78. The van der Waals surface area contributed by atoms with Crippen LogP contribution in [0, 0.1) is 6.92 Å². The Kier molecular flexibility index (Phi) is 4.38. The Hall–Kier alpha value is -2.86. The normalized spacial score (nSPS) is 12.0. The minimum Gasteiger partial charge on any atom is -0.346 e. The van der Waals surface area contributed by atoms with Crippen molar-refractivity contribution in [3.05, 3.63) is 64.6 Å². The molecule has 1 N–H and O–H groups in total. The zero-order valence-corrected chi connectivity index (χ0v) is 17.1. The van der Waals surface area contributed by atoms with Crippen LogP contribution in [0.2, 0.25) is 5.02 Å². The van der Waals surface area contributed by atoms with Crippen LogP contribution in [-0.2, 0) is 6.54 Å². The fourth-order valence-corrected chi connectivity index (χ4v) is 3.64. The van der Waals surface area contributed by atoms with Gasteiger partial charge in [-0.1, -0.05) is 23.7 Å². The molecule has 0 aliphatic heterocycles. The van der Waals surface area contributed by atoms with Gasteiger partial charge >= 0.3 is 0 Å². The van der Waals surface area contributed by atoms with Crippen molar-refractivity contribution in [2.75, 3.05) is 0 Å². The number of benzene rings is 1. The Morgan fingerprint density at radius 2 is 1.89 bits per heavy atom. The van der Waals surface area contributed by atoms with Crippen LogP contribution in [0.15, 0.2) is 42.5 Å². The van der Waals surface area contributed by atoms with Crippen molar-refractivity contribution in [3.63, 3.8) is 0 Å². The van der Waals surface area contributed by atoms with Crippen molar-refractivity contribution in [2.24, 2.45) is 0 Å². The van der Waals surface area contributed by atoms with Crippen LogP contribution >= 0.6 is 11.6 Å². The molecule has 0 fully saturated rings. The first-order valence-electron chi connectivity index (χ1n) is 9.14. The molecule has 0 unspecified atom stereocenters. The first-order chi connectivity index (χ1) is 13.2. The molecule has 6 nitrogen and oxygen atoms in total. The van der Waals surface area contributed by atoms with Crippen molar-refractivity contribution < 1.29 is 4.79 Å². The summed E-state index contributed by atoms with van der Waals surface area (Å²) in [6.07, 6.45) is 0. The Labute approximate surface area is 168 Å². The fraction of sp³-hybridized carbons (Fsp3) is 0.286. The third-order valence-electron chi connectivity index (χ3n) is 4.55. The number of aromatic nitrogens is 4. The highest BCUT2D eigenvalue weighted by Crippen LogP contribution is 2.25. The summed E-state index contributed by atoms with van der Waals surface area (Å²) in [7, 11) is 0. The molecule has 144 valence electrons. The van der Waals surface area contributed by atoms with E-state index in [9.17, 15) is 4.79 Å². The number of nitrogens with one attached hydrogen (secondary N) is 1. The Morgan fingerprint density at radius 1 is 1.11 bits per heavy atom. The molecule has 7 heteroatoms. The van der Waals surface area contributed by atoms with E-state index in [1.807, 2.05) is 79.1 Å². The molecule has 0 radical (unpaired) electrons. The monoisotopic (exact) mass is 395 g/mol. The number of halogens is 1. The molecule has 0 aliphatic carbocycles. The number of nitrogens with zero attached hydrogens (tertiary/aromatic N) is 4. The topological polar surface area (TPSA) is 64.2 Å². The summed E-state index contributed by atoms with van der Waals surface area (Å²) in [5.74, 6) is 0.660. The van der Waals surface area contributed by atoms with Crippen molar-refractivity contribution in [2.45, 2.75) is 39.8 Å². The highest BCUT2D eigenvalue weighted by molar-refractivity contribution is 6.30. The standard InChI is InChI=1S/C21H22ClN5O/c1-13-24-25-19-9-8-16-17(27(13)19)11-18(20(28)23-21(2,3)4)26(16)12-14-6-5-7-15(22)10-14/h5-11H,12H2,1-4H3,(H,23,28). The zero-order chi connectivity index (χ0) is 20.1. The number of carbonyl (C=O) groups excluding carboxylic acids is 1. The maximum absolute atomic E-state index is 13.1.